The lowest BCUT2D eigenvalue weighted by Crippen LogP contribution is -2.46. The molecule has 2 amide bonds. The molecule has 2 heterocycles. The second-order valence-corrected chi connectivity index (χ2v) is 8.25. The first kappa shape index (κ1) is 20.3. The van der Waals surface area contributed by atoms with Crippen LogP contribution in [-0.2, 0) is 4.79 Å². The molecule has 1 aromatic carbocycles. The zero-order valence-electron chi connectivity index (χ0n) is 17.0. The molecule has 1 N–H and O–H groups in total. The number of carbonyl (C=O) groups is 2. The fourth-order valence-corrected chi connectivity index (χ4v) is 4.22. The van der Waals surface area contributed by atoms with Crippen LogP contribution in [0.2, 0.25) is 0 Å². The molecule has 1 aliphatic rings. The summed E-state index contributed by atoms with van der Waals surface area (Å²) in [6, 6.07) is 10.2. The second kappa shape index (κ2) is 8.79. The van der Waals surface area contributed by atoms with Gasteiger partial charge in [0.15, 0.2) is 11.7 Å². The summed E-state index contributed by atoms with van der Waals surface area (Å²) in [7, 11) is 0. The molecule has 1 unspecified atom stereocenters. The third kappa shape index (κ3) is 4.28. The minimum atomic E-state index is -0.948. The largest absolute Gasteiger partial charge is 0.464 e. The fraction of sp³-hybridized carbons (Fsp3) is 0.364. The van der Waals surface area contributed by atoms with E-state index in [1.807, 2.05) is 38.1 Å². The maximum Gasteiger partial charge on any atom is 0.280 e. The summed E-state index contributed by atoms with van der Waals surface area (Å²) in [5, 5.41) is 8.65. The summed E-state index contributed by atoms with van der Waals surface area (Å²) in [6.07, 6.45) is 4.09. The van der Waals surface area contributed by atoms with E-state index in [0.29, 0.717) is 17.2 Å². The van der Waals surface area contributed by atoms with Crippen molar-refractivity contribution in [3.05, 3.63) is 64.6 Å². The van der Waals surface area contributed by atoms with Crippen molar-refractivity contribution in [2.45, 2.75) is 51.6 Å². The normalized spacial score (nSPS) is 15.1. The molecule has 3 aromatic rings. The van der Waals surface area contributed by atoms with Crippen molar-refractivity contribution in [2.24, 2.45) is 0 Å². The monoisotopic (exact) mass is 424 g/mol. The highest BCUT2D eigenvalue weighted by Gasteiger charge is 2.37. The summed E-state index contributed by atoms with van der Waals surface area (Å²) in [5.41, 5.74) is 1.85. The number of hydrogen-bond acceptors (Lipinski definition) is 6. The van der Waals surface area contributed by atoms with E-state index in [-0.39, 0.29) is 17.6 Å². The molecule has 7 nitrogen and oxygen atoms in total. The highest BCUT2D eigenvalue weighted by atomic mass is 32.1. The lowest BCUT2D eigenvalue weighted by Gasteiger charge is -2.30. The van der Waals surface area contributed by atoms with Crippen molar-refractivity contribution in [2.75, 3.05) is 4.90 Å². The summed E-state index contributed by atoms with van der Waals surface area (Å²) >= 11 is 1.10. The number of rotatable bonds is 6. The van der Waals surface area contributed by atoms with Gasteiger partial charge in [-0.2, -0.15) is 0 Å². The number of anilines is 1. The van der Waals surface area contributed by atoms with Gasteiger partial charge in [-0.1, -0.05) is 35.0 Å². The van der Waals surface area contributed by atoms with Crippen LogP contribution in [0.1, 0.15) is 59.3 Å². The Morgan fingerprint density at radius 3 is 2.47 bits per heavy atom. The SMILES string of the molecule is Cc1ccc(N(C(=O)c2csnn2)C(C(=O)NC2CCCC2)c2ccc(C)o2)cc1. The van der Waals surface area contributed by atoms with Crippen LogP contribution in [-0.4, -0.2) is 27.4 Å². The van der Waals surface area contributed by atoms with Gasteiger partial charge < -0.3 is 9.73 Å². The number of aromatic nitrogens is 2. The Labute approximate surface area is 179 Å². The molecule has 8 heteroatoms. The van der Waals surface area contributed by atoms with Gasteiger partial charge in [-0.15, -0.1) is 5.10 Å². The lowest BCUT2D eigenvalue weighted by molar-refractivity contribution is -0.123. The predicted octanol–water partition coefficient (Wildman–Crippen LogP) is 4.19. The van der Waals surface area contributed by atoms with Gasteiger partial charge in [-0.25, -0.2) is 0 Å². The molecule has 0 radical (unpaired) electrons. The van der Waals surface area contributed by atoms with E-state index < -0.39 is 11.9 Å². The zero-order valence-corrected chi connectivity index (χ0v) is 17.8. The second-order valence-electron chi connectivity index (χ2n) is 7.64. The zero-order chi connectivity index (χ0) is 21.1. The molecule has 1 atom stereocenters. The molecule has 2 aromatic heterocycles. The lowest BCUT2D eigenvalue weighted by atomic mass is 10.1. The number of hydrogen-bond donors (Lipinski definition) is 1. The number of furan rings is 1. The first-order chi connectivity index (χ1) is 14.5. The number of amides is 2. The highest BCUT2D eigenvalue weighted by molar-refractivity contribution is 7.03. The number of nitrogens with zero attached hydrogens (tertiary/aromatic N) is 3. The van der Waals surface area contributed by atoms with Gasteiger partial charge in [0.25, 0.3) is 11.8 Å². The van der Waals surface area contributed by atoms with Crippen molar-refractivity contribution in [1.29, 1.82) is 0 Å². The first-order valence-electron chi connectivity index (χ1n) is 10.1. The van der Waals surface area contributed by atoms with Gasteiger partial charge in [0, 0.05) is 17.1 Å². The summed E-state index contributed by atoms with van der Waals surface area (Å²) < 4.78 is 9.65. The van der Waals surface area contributed by atoms with Crippen molar-refractivity contribution < 1.29 is 14.0 Å². The van der Waals surface area contributed by atoms with E-state index >= 15 is 0 Å². The van der Waals surface area contributed by atoms with Gasteiger partial charge in [0.05, 0.1) is 0 Å². The molecule has 30 heavy (non-hydrogen) atoms. The van der Waals surface area contributed by atoms with Gasteiger partial charge in [0.2, 0.25) is 0 Å². The Bertz CT molecular complexity index is 1010. The first-order valence-corrected chi connectivity index (χ1v) is 10.9. The van der Waals surface area contributed by atoms with Gasteiger partial charge in [-0.05, 0) is 62.5 Å². The average Bonchev–Trinajstić information content (AvgIpc) is 3.49. The Morgan fingerprint density at radius 1 is 1.13 bits per heavy atom. The van der Waals surface area contributed by atoms with Crippen molar-refractivity contribution in [1.82, 2.24) is 14.9 Å². The quantitative estimate of drug-likeness (QED) is 0.641. The van der Waals surface area contributed by atoms with Gasteiger partial charge in [0.1, 0.15) is 11.5 Å². The molecule has 0 saturated heterocycles. The molecule has 1 fully saturated rings. The third-order valence-electron chi connectivity index (χ3n) is 5.35. The minimum Gasteiger partial charge on any atom is -0.464 e. The molecule has 0 bridgehead atoms. The Balaban J connectivity index is 1.78. The maximum absolute atomic E-state index is 13.5. The molecule has 4 rings (SSSR count). The fourth-order valence-electron chi connectivity index (χ4n) is 3.79. The summed E-state index contributed by atoms with van der Waals surface area (Å²) in [4.78, 5) is 28.4. The molecule has 0 aliphatic heterocycles. The molecular formula is C22H24N4O3S. The van der Waals surface area contributed by atoms with Crippen LogP contribution in [0.3, 0.4) is 0 Å². The Hall–Kier alpha value is -3.00. The third-order valence-corrected chi connectivity index (χ3v) is 5.85. The minimum absolute atomic E-state index is 0.118. The standard InChI is InChI=1S/C22H24N4O3S/c1-14-7-10-17(11-8-14)26(22(28)18-13-30-25-24-18)20(19-12-9-15(2)29-19)21(27)23-16-5-3-4-6-16/h7-13,16,20H,3-6H2,1-2H3,(H,23,27). The number of carbonyl (C=O) groups excluding carboxylic acids is 2. The van der Waals surface area contributed by atoms with E-state index in [2.05, 4.69) is 14.9 Å². The van der Waals surface area contributed by atoms with Gasteiger partial charge in [-0.3, -0.25) is 14.5 Å². The topological polar surface area (TPSA) is 88.3 Å². The molecule has 1 aliphatic carbocycles. The van der Waals surface area contributed by atoms with Crippen molar-refractivity contribution in [3.63, 3.8) is 0 Å². The Kier molecular flexibility index (Phi) is 5.94. The smallest absolute Gasteiger partial charge is 0.280 e. The average molecular weight is 425 g/mol. The molecule has 156 valence electrons. The highest BCUT2D eigenvalue weighted by Crippen LogP contribution is 2.31. The van der Waals surface area contributed by atoms with E-state index in [0.717, 1.165) is 42.8 Å². The van der Waals surface area contributed by atoms with Crippen LogP contribution in [0.4, 0.5) is 5.69 Å². The van der Waals surface area contributed by atoms with Crippen LogP contribution in [0.25, 0.3) is 0 Å². The maximum atomic E-state index is 13.5. The number of nitrogens with one attached hydrogen (secondary N) is 1. The number of aryl methyl sites for hydroxylation is 2. The van der Waals surface area contributed by atoms with Crippen molar-refractivity contribution >= 4 is 29.0 Å². The number of benzene rings is 1. The van der Waals surface area contributed by atoms with E-state index in [1.165, 1.54) is 4.90 Å². The van der Waals surface area contributed by atoms with E-state index in [1.54, 1.807) is 17.5 Å². The molecule has 1 saturated carbocycles. The van der Waals surface area contributed by atoms with E-state index in [4.69, 9.17) is 4.42 Å². The summed E-state index contributed by atoms with van der Waals surface area (Å²) in [5.74, 6) is 0.442. The van der Waals surface area contributed by atoms with Gasteiger partial charge >= 0.3 is 0 Å². The predicted molar refractivity (Wildman–Crippen MR) is 114 cm³/mol. The van der Waals surface area contributed by atoms with Crippen LogP contribution in [0.5, 0.6) is 0 Å². The van der Waals surface area contributed by atoms with E-state index in [9.17, 15) is 9.59 Å². The molecule has 0 spiro atoms. The summed E-state index contributed by atoms with van der Waals surface area (Å²) in [6.45, 7) is 3.79. The van der Waals surface area contributed by atoms with Crippen molar-refractivity contribution in [3.8, 4) is 0 Å². The van der Waals surface area contributed by atoms with Crippen LogP contribution in [0.15, 0.2) is 46.2 Å². The Morgan fingerprint density at radius 2 is 1.87 bits per heavy atom. The van der Waals surface area contributed by atoms with Crippen LogP contribution >= 0.6 is 11.5 Å². The van der Waals surface area contributed by atoms with Crippen LogP contribution in [0, 0.1) is 13.8 Å². The van der Waals surface area contributed by atoms with Crippen LogP contribution < -0.4 is 10.2 Å². The molecular weight excluding hydrogens is 400 g/mol.